The van der Waals surface area contributed by atoms with Crippen LogP contribution in [0.4, 0.5) is 4.39 Å². The minimum absolute atomic E-state index is 0.0909. The Kier molecular flexibility index (Phi) is 3.32. The van der Waals surface area contributed by atoms with Gasteiger partial charge in [0.05, 0.1) is 0 Å². The molecular weight excluding hydrogens is 273 g/mol. The van der Waals surface area contributed by atoms with Gasteiger partial charge in [-0.15, -0.1) is 11.8 Å². The number of H-pyrrole nitrogens is 1. The van der Waals surface area contributed by atoms with E-state index in [-0.39, 0.29) is 11.6 Å². The summed E-state index contributed by atoms with van der Waals surface area (Å²) in [5, 5.41) is 0.617. The fourth-order valence-corrected chi connectivity index (χ4v) is 2.85. The van der Waals surface area contributed by atoms with E-state index in [4.69, 9.17) is 0 Å². The van der Waals surface area contributed by atoms with E-state index < -0.39 is 0 Å². The van der Waals surface area contributed by atoms with Gasteiger partial charge < -0.3 is 4.98 Å². The monoisotopic (exact) mass is 285 g/mol. The van der Waals surface area contributed by atoms with E-state index in [1.165, 1.54) is 23.9 Å². The molecule has 0 fully saturated rings. The molecule has 100 valence electrons. The Morgan fingerprint density at radius 2 is 1.95 bits per heavy atom. The van der Waals surface area contributed by atoms with Crippen molar-refractivity contribution < 1.29 is 9.18 Å². The number of ketones is 1. The molecule has 0 unspecified atom stereocenters. The maximum absolute atomic E-state index is 13.4. The molecule has 0 spiro atoms. The van der Waals surface area contributed by atoms with Crippen molar-refractivity contribution in [3.63, 3.8) is 0 Å². The number of fused-ring (bicyclic) bond motifs is 1. The number of hydrogen-bond donors (Lipinski definition) is 1. The Bertz CT molecular complexity index is 794. The first-order valence-corrected chi connectivity index (χ1v) is 7.37. The van der Waals surface area contributed by atoms with Crippen molar-refractivity contribution in [3.05, 3.63) is 65.6 Å². The van der Waals surface area contributed by atoms with E-state index in [1.54, 1.807) is 18.3 Å². The van der Waals surface area contributed by atoms with Gasteiger partial charge in [-0.05, 0) is 36.6 Å². The summed E-state index contributed by atoms with van der Waals surface area (Å²) >= 11 is 1.52. The summed E-state index contributed by atoms with van der Waals surface area (Å²) in [6, 6.07) is 11.9. The van der Waals surface area contributed by atoms with Crippen LogP contribution in [0, 0.1) is 5.82 Å². The Balaban J connectivity index is 2.15. The third-order valence-electron chi connectivity index (χ3n) is 3.24. The van der Waals surface area contributed by atoms with Crippen molar-refractivity contribution in [3.8, 4) is 0 Å². The zero-order valence-electron chi connectivity index (χ0n) is 10.8. The van der Waals surface area contributed by atoms with Gasteiger partial charge in [-0.1, -0.05) is 12.1 Å². The molecule has 3 rings (SSSR count). The highest BCUT2D eigenvalue weighted by Gasteiger charge is 2.17. The van der Waals surface area contributed by atoms with Crippen LogP contribution < -0.4 is 0 Å². The number of halogens is 1. The molecule has 0 aliphatic rings. The van der Waals surface area contributed by atoms with E-state index in [2.05, 4.69) is 4.98 Å². The maximum Gasteiger partial charge on any atom is 0.196 e. The van der Waals surface area contributed by atoms with Crippen LogP contribution in [0.2, 0.25) is 0 Å². The quantitative estimate of drug-likeness (QED) is 0.576. The lowest BCUT2D eigenvalue weighted by Crippen LogP contribution is -2.02. The van der Waals surface area contributed by atoms with Crippen molar-refractivity contribution in [1.82, 2.24) is 4.98 Å². The standard InChI is InChI=1S/C16H12FNOS/c1-20-15-5-3-2-4-11(15)16(19)13-9-18-14-7-6-10(17)8-12(13)14/h2-9,18H,1H3. The molecule has 0 aliphatic carbocycles. The molecule has 0 saturated carbocycles. The van der Waals surface area contributed by atoms with Crippen LogP contribution >= 0.6 is 11.8 Å². The van der Waals surface area contributed by atoms with Crippen LogP contribution in [0.3, 0.4) is 0 Å². The van der Waals surface area contributed by atoms with Crippen LogP contribution in [-0.4, -0.2) is 17.0 Å². The largest absolute Gasteiger partial charge is 0.360 e. The van der Waals surface area contributed by atoms with Crippen LogP contribution in [-0.2, 0) is 0 Å². The van der Waals surface area contributed by atoms with Gasteiger partial charge in [-0.3, -0.25) is 4.79 Å². The first-order chi connectivity index (χ1) is 9.70. The third-order valence-corrected chi connectivity index (χ3v) is 4.04. The summed E-state index contributed by atoms with van der Waals surface area (Å²) in [4.78, 5) is 16.6. The third kappa shape index (κ3) is 2.12. The van der Waals surface area contributed by atoms with Crippen molar-refractivity contribution >= 4 is 28.4 Å². The van der Waals surface area contributed by atoms with Gasteiger partial charge in [-0.25, -0.2) is 4.39 Å². The lowest BCUT2D eigenvalue weighted by Gasteiger charge is -2.05. The Morgan fingerprint density at radius 3 is 2.75 bits per heavy atom. The van der Waals surface area contributed by atoms with E-state index in [1.807, 2.05) is 24.5 Å². The second-order valence-electron chi connectivity index (χ2n) is 4.42. The second-order valence-corrected chi connectivity index (χ2v) is 5.27. The molecule has 2 aromatic carbocycles. The van der Waals surface area contributed by atoms with Gasteiger partial charge in [0, 0.05) is 33.1 Å². The van der Waals surface area contributed by atoms with Gasteiger partial charge in [-0.2, -0.15) is 0 Å². The number of aromatic amines is 1. The highest BCUT2D eigenvalue weighted by atomic mass is 32.2. The maximum atomic E-state index is 13.4. The number of benzene rings is 2. The van der Waals surface area contributed by atoms with Gasteiger partial charge in [0.1, 0.15) is 5.82 Å². The van der Waals surface area contributed by atoms with Crippen LogP contribution in [0.15, 0.2) is 53.6 Å². The molecule has 0 bridgehead atoms. The first kappa shape index (κ1) is 12.9. The lowest BCUT2D eigenvalue weighted by molar-refractivity contribution is 0.103. The zero-order valence-corrected chi connectivity index (χ0v) is 11.6. The topological polar surface area (TPSA) is 32.9 Å². The van der Waals surface area contributed by atoms with Gasteiger partial charge in [0.15, 0.2) is 5.78 Å². The van der Waals surface area contributed by atoms with E-state index in [0.29, 0.717) is 16.5 Å². The molecule has 1 heterocycles. The summed E-state index contributed by atoms with van der Waals surface area (Å²) in [5.41, 5.74) is 1.91. The number of nitrogens with one attached hydrogen (secondary N) is 1. The molecule has 2 nitrogen and oxygen atoms in total. The van der Waals surface area contributed by atoms with Crippen LogP contribution in [0.5, 0.6) is 0 Å². The highest BCUT2D eigenvalue weighted by Crippen LogP contribution is 2.26. The summed E-state index contributed by atoms with van der Waals surface area (Å²) in [5.74, 6) is -0.434. The molecule has 0 aliphatic heterocycles. The van der Waals surface area contributed by atoms with Crippen molar-refractivity contribution in [2.75, 3.05) is 6.26 Å². The number of thioether (sulfide) groups is 1. The average Bonchev–Trinajstić information content (AvgIpc) is 2.89. The molecule has 3 aromatic rings. The molecule has 0 amide bonds. The van der Waals surface area contributed by atoms with Crippen molar-refractivity contribution in [2.45, 2.75) is 4.90 Å². The van der Waals surface area contributed by atoms with Crippen molar-refractivity contribution in [1.29, 1.82) is 0 Å². The summed E-state index contributed by atoms with van der Waals surface area (Å²) in [6.45, 7) is 0. The zero-order chi connectivity index (χ0) is 14.1. The number of rotatable bonds is 3. The van der Waals surface area contributed by atoms with E-state index >= 15 is 0 Å². The smallest absolute Gasteiger partial charge is 0.196 e. The number of carbonyl (C=O) groups excluding carboxylic acids is 1. The number of hydrogen-bond acceptors (Lipinski definition) is 2. The molecule has 0 atom stereocenters. The van der Waals surface area contributed by atoms with Crippen LogP contribution in [0.1, 0.15) is 15.9 Å². The molecule has 4 heteroatoms. The van der Waals surface area contributed by atoms with E-state index in [0.717, 1.165) is 10.4 Å². The van der Waals surface area contributed by atoms with Gasteiger partial charge in [0.25, 0.3) is 0 Å². The van der Waals surface area contributed by atoms with Gasteiger partial charge >= 0.3 is 0 Å². The summed E-state index contributed by atoms with van der Waals surface area (Å²) in [7, 11) is 0. The van der Waals surface area contributed by atoms with Crippen LogP contribution in [0.25, 0.3) is 10.9 Å². The van der Waals surface area contributed by atoms with Gasteiger partial charge in [0.2, 0.25) is 0 Å². The SMILES string of the molecule is CSc1ccccc1C(=O)c1c[nH]c2ccc(F)cc12. The predicted molar refractivity (Wildman–Crippen MR) is 79.9 cm³/mol. The minimum atomic E-state index is -0.343. The Labute approximate surface area is 120 Å². The van der Waals surface area contributed by atoms with E-state index in [9.17, 15) is 9.18 Å². The minimum Gasteiger partial charge on any atom is -0.360 e. The molecule has 1 aromatic heterocycles. The fraction of sp³-hybridized carbons (Fsp3) is 0.0625. The molecule has 20 heavy (non-hydrogen) atoms. The molecular formula is C16H12FNOS. The first-order valence-electron chi connectivity index (χ1n) is 6.15. The lowest BCUT2D eigenvalue weighted by atomic mass is 10.0. The normalized spacial score (nSPS) is 10.9. The Morgan fingerprint density at radius 1 is 1.15 bits per heavy atom. The fourth-order valence-electron chi connectivity index (χ4n) is 2.26. The number of aromatic nitrogens is 1. The molecule has 0 saturated heterocycles. The number of carbonyl (C=O) groups is 1. The molecule has 1 N–H and O–H groups in total. The Hall–Kier alpha value is -2.07. The second kappa shape index (κ2) is 5.13. The highest BCUT2D eigenvalue weighted by molar-refractivity contribution is 7.98. The van der Waals surface area contributed by atoms with Crippen molar-refractivity contribution in [2.24, 2.45) is 0 Å². The molecule has 0 radical (unpaired) electrons. The predicted octanol–water partition coefficient (Wildman–Crippen LogP) is 4.26. The summed E-state index contributed by atoms with van der Waals surface area (Å²) in [6.07, 6.45) is 3.57. The summed E-state index contributed by atoms with van der Waals surface area (Å²) < 4.78 is 13.4. The average molecular weight is 285 g/mol.